The zero-order valence-electron chi connectivity index (χ0n) is 11.8. The largest absolute Gasteiger partial charge is 0.326 e. The number of nitrogens with one attached hydrogen (secondary N) is 3. The molecule has 0 aliphatic heterocycles. The molecular formula is C14H11BrFN3O3S. The minimum absolute atomic E-state index is 0.276. The van der Waals surface area contributed by atoms with Gasteiger partial charge in [0.2, 0.25) is 5.91 Å². The van der Waals surface area contributed by atoms with Crippen LogP contribution in [-0.4, -0.2) is 17.7 Å². The van der Waals surface area contributed by atoms with Crippen LogP contribution >= 0.6 is 27.3 Å². The normalized spacial score (nSPS) is 10.0. The van der Waals surface area contributed by atoms with E-state index in [1.807, 2.05) is 0 Å². The van der Waals surface area contributed by atoms with Crippen molar-refractivity contribution in [2.75, 3.05) is 5.32 Å². The van der Waals surface area contributed by atoms with Gasteiger partial charge in [0.1, 0.15) is 5.82 Å². The number of hydrazine groups is 1. The van der Waals surface area contributed by atoms with Crippen molar-refractivity contribution >= 4 is 50.7 Å². The van der Waals surface area contributed by atoms with Crippen LogP contribution in [0.4, 0.5) is 10.1 Å². The van der Waals surface area contributed by atoms with E-state index in [0.717, 1.165) is 9.85 Å². The molecule has 0 aliphatic carbocycles. The Balaban J connectivity index is 2.05. The minimum atomic E-state index is -0.835. The molecule has 3 N–H and O–H groups in total. The Morgan fingerprint density at radius 2 is 1.78 bits per heavy atom. The summed E-state index contributed by atoms with van der Waals surface area (Å²) in [5, 5.41) is 2.44. The van der Waals surface area contributed by atoms with Crippen molar-refractivity contribution in [2.24, 2.45) is 0 Å². The number of thiophene rings is 1. The van der Waals surface area contributed by atoms with Crippen LogP contribution in [0.5, 0.6) is 0 Å². The van der Waals surface area contributed by atoms with Crippen LogP contribution < -0.4 is 16.2 Å². The van der Waals surface area contributed by atoms with Gasteiger partial charge in [-0.15, -0.1) is 11.3 Å². The molecule has 0 atom stereocenters. The summed E-state index contributed by atoms with van der Waals surface area (Å²) in [5.74, 6) is -2.48. The summed E-state index contributed by atoms with van der Waals surface area (Å²) in [6, 6.07) is 6.83. The number of rotatable bonds is 3. The fourth-order valence-electron chi connectivity index (χ4n) is 1.66. The first-order valence-corrected chi connectivity index (χ1v) is 7.91. The zero-order chi connectivity index (χ0) is 17.0. The summed E-state index contributed by atoms with van der Waals surface area (Å²) in [7, 11) is 0. The first kappa shape index (κ1) is 17.1. The van der Waals surface area contributed by atoms with Gasteiger partial charge in [-0.05, 0) is 46.3 Å². The third-order valence-electron chi connectivity index (χ3n) is 2.62. The van der Waals surface area contributed by atoms with Gasteiger partial charge in [-0.3, -0.25) is 25.2 Å². The molecule has 9 heteroatoms. The average Bonchev–Trinajstić information content (AvgIpc) is 2.92. The third kappa shape index (κ3) is 4.60. The Hall–Kier alpha value is -2.26. The van der Waals surface area contributed by atoms with Crippen LogP contribution in [0.15, 0.2) is 34.1 Å². The fourth-order valence-corrected chi connectivity index (χ4v) is 2.94. The second-order valence-electron chi connectivity index (χ2n) is 4.39. The second kappa shape index (κ2) is 7.34. The van der Waals surface area contributed by atoms with Gasteiger partial charge in [-0.1, -0.05) is 0 Å². The van der Waals surface area contributed by atoms with Crippen molar-refractivity contribution < 1.29 is 18.8 Å². The van der Waals surface area contributed by atoms with Crippen molar-refractivity contribution in [2.45, 2.75) is 6.92 Å². The van der Waals surface area contributed by atoms with E-state index in [-0.39, 0.29) is 17.2 Å². The maximum atomic E-state index is 13.7. The highest BCUT2D eigenvalue weighted by atomic mass is 79.9. The zero-order valence-corrected chi connectivity index (χ0v) is 14.2. The van der Waals surface area contributed by atoms with Gasteiger partial charge in [-0.25, -0.2) is 4.39 Å². The van der Waals surface area contributed by atoms with Gasteiger partial charge in [0.05, 0.1) is 14.2 Å². The van der Waals surface area contributed by atoms with Gasteiger partial charge in [-0.2, -0.15) is 0 Å². The summed E-state index contributed by atoms with van der Waals surface area (Å²) in [5.41, 5.74) is 4.30. The Morgan fingerprint density at radius 1 is 1.09 bits per heavy atom. The van der Waals surface area contributed by atoms with E-state index in [2.05, 4.69) is 32.1 Å². The van der Waals surface area contributed by atoms with Crippen LogP contribution in [0.1, 0.15) is 27.0 Å². The van der Waals surface area contributed by atoms with E-state index in [4.69, 9.17) is 0 Å². The molecule has 1 aromatic carbocycles. The molecule has 1 heterocycles. The van der Waals surface area contributed by atoms with Crippen molar-refractivity contribution in [1.29, 1.82) is 0 Å². The summed E-state index contributed by atoms with van der Waals surface area (Å²) < 4.78 is 14.5. The molecule has 1 aromatic heterocycles. The van der Waals surface area contributed by atoms with E-state index in [9.17, 15) is 18.8 Å². The predicted molar refractivity (Wildman–Crippen MR) is 87.7 cm³/mol. The van der Waals surface area contributed by atoms with Crippen LogP contribution in [-0.2, 0) is 4.79 Å². The highest BCUT2D eigenvalue weighted by molar-refractivity contribution is 9.11. The molecule has 23 heavy (non-hydrogen) atoms. The van der Waals surface area contributed by atoms with E-state index >= 15 is 0 Å². The number of carbonyl (C=O) groups is 3. The second-order valence-corrected chi connectivity index (χ2v) is 6.85. The lowest BCUT2D eigenvalue weighted by Crippen LogP contribution is -2.41. The number of halogens is 2. The highest BCUT2D eigenvalue weighted by Gasteiger charge is 2.15. The minimum Gasteiger partial charge on any atom is -0.326 e. The Labute approximate surface area is 143 Å². The monoisotopic (exact) mass is 399 g/mol. The Kier molecular flexibility index (Phi) is 5.45. The summed E-state index contributed by atoms with van der Waals surface area (Å²) in [6.45, 7) is 1.29. The average molecular weight is 400 g/mol. The summed E-state index contributed by atoms with van der Waals surface area (Å²) >= 11 is 4.41. The van der Waals surface area contributed by atoms with Crippen LogP contribution in [0.2, 0.25) is 0 Å². The standard InChI is InChI=1S/C14H11BrFN3O3S/c1-7(20)17-8-2-3-10(16)9(6-8)13(21)18-19-14(22)11-4-5-12(15)23-11/h2-6H,1H3,(H,17,20)(H,18,21)(H,19,22). The molecule has 0 radical (unpaired) electrons. The number of hydrogen-bond acceptors (Lipinski definition) is 4. The first-order chi connectivity index (χ1) is 10.9. The number of benzene rings is 1. The maximum absolute atomic E-state index is 13.7. The Morgan fingerprint density at radius 3 is 2.39 bits per heavy atom. The van der Waals surface area contributed by atoms with Crippen molar-refractivity contribution in [3.63, 3.8) is 0 Å². The summed E-state index contributed by atoms with van der Waals surface area (Å²) in [4.78, 5) is 35.1. The van der Waals surface area contributed by atoms with Crippen molar-refractivity contribution in [3.8, 4) is 0 Å². The maximum Gasteiger partial charge on any atom is 0.279 e. The lowest BCUT2D eigenvalue weighted by atomic mass is 10.1. The van der Waals surface area contributed by atoms with E-state index < -0.39 is 17.6 Å². The van der Waals surface area contributed by atoms with Crippen molar-refractivity contribution in [1.82, 2.24) is 10.9 Å². The molecule has 120 valence electrons. The van der Waals surface area contributed by atoms with Gasteiger partial charge >= 0.3 is 0 Å². The molecule has 6 nitrogen and oxygen atoms in total. The molecule has 2 rings (SSSR count). The van der Waals surface area contributed by atoms with E-state index in [1.54, 1.807) is 12.1 Å². The van der Waals surface area contributed by atoms with Crippen LogP contribution in [0, 0.1) is 5.82 Å². The third-order valence-corrected chi connectivity index (χ3v) is 4.24. The van der Waals surface area contributed by atoms with Gasteiger partial charge < -0.3 is 5.32 Å². The highest BCUT2D eigenvalue weighted by Crippen LogP contribution is 2.21. The molecule has 0 bridgehead atoms. The smallest absolute Gasteiger partial charge is 0.279 e. The van der Waals surface area contributed by atoms with Crippen molar-refractivity contribution in [3.05, 3.63) is 50.4 Å². The molecule has 0 aliphatic rings. The molecule has 0 spiro atoms. The SMILES string of the molecule is CC(=O)Nc1ccc(F)c(C(=O)NNC(=O)c2ccc(Br)s2)c1. The lowest BCUT2D eigenvalue weighted by molar-refractivity contribution is -0.114. The quantitative estimate of drug-likeness (QED) is 0.693. The molecule has 0 fully saturated rings. The molecule has 0 unspecified atom stereocenters. The Bertz CT molecular complexity index is 778. The first-order valence-electron chi connectivity index (χ1n) is 6.30. The number of amides is 3. The molecule has 0 saturated carbocycles. The lowest BCUT2D eigenvalue weighted by Gasteiger charge is -2.09. The molecule has 0 saturated heterocycles. The number of anilines is 1. The number of hydrogen-bond donors (Lipinski definition) is 3. The van der Waals surface area contributed by atoms with Crippen LogP contribution in [0.3, 0.4) is 0 Å². The van der Waals surface area contributed by atoms with Gasteiger partial charge in [0.25, 0.3) is 11.8 Å². The number of carbonyl (C=O) groups excluding carboxylic acids is 3. The van der Waals surface area contributed by atoms with Gasteiger partial charge in [0.15, 0.2) is 0 Å². The van der Waals surface area contributed by atoms with Gasteiger partial charge in [0, 0.05) is 12.6 Å². The van der Waals surface area contributed by atoms with Crippen LogP contribution in [0.25, 0.3) is 0 Å². The molecular weight excluding hydrogens is 389 g/mol. The fraction of sp³-hybridized carbons (Fsp3) is 0.0714. The molecule has 3 amide bonds. The van der Waals surface area contributed by atoms with E-state index in [0.29, 0.717) is 4.88 Å². The van der Waals surface area contributed by atoms with E-state index in [1.165, 1.54) is 30.4 Å². The predicted octanol–water partition coefficient (Wildman–Crippen LogP) is 2.68. The molecule has 2 aromatic rings. The topological polar surface area (TPSA) is 87.3 Å². The summed E-state index contributed by atoms with van der Waals surface area (Å²) in [6.07, 6.45) is 0.